The van der Waals surface area contributed by atoms with Crippen molar-refractivity contribution in [3.63, 3.8) is 0 Å². The molecule has 174 valence electrons. The molecule has 0 atom stereocenters. The summed E-state index contributed by atoms with van der Waals surface area (Å²) in [5.74, 6) is 1.24. The molecule has 0 aromatic heterocycles. The number of methoxy groups -OCH3 is 1. The highest BCUT2D eigenvalue weighted by Crippen LogP contribution is 2.12. The topological polar surface area (TPSA) is 101 Å². The Bertz CT molecular complexity index is 715. The van der Waals surface area contributed by atoms with Gasteiger partial charge in [-0.2, -0.15) is 0 Å². The summed E-state index contributed by atoms with van der Waals surface area (Å²) in [7, 11) is -2.03. The van der Waals surface area contributed by atoms with Crippen LogP contribution in [0.5, 0.6) is 0 Å². The van der Waals surface area contributed by atoms with E-state index in [0.717, 1.165) is 31.7 Å². The van der Waals surface area contributed by atoms with Crippen LogP contribution >= 0.6 is 24.0 Å². The maximum absolute atomic E-state index is 12.3. The van der Waals surface area contributed by atoms with Crippen LogP contribution in [0.25, 0.3) is 0 Å². The highest BCUT2D eigenvalue weighted by Gasteiger charge is 2.13. The smallest absolute Gasteiger partial charge is 0.240 e. The highest BCUT2D eigenvalue weighted by atomic mass is 127. The summed E-state index contributed by atoms with van der Waals surface area (Å²) in [6.07, 6.45) is 0.887. The average Bonchev–Trinajstić information content (AvgIpc) is 2.68. The molecule has 0 aliphatic carbocycles. The summed E-state index contributed by atoms with van der Waals surface area (Å²) in [5.41, 5.74) is 0.817. The number of aliphatic imine (C=N–C) groups is 1. The van der Waals surface area contributed by atoms with Gasteiger partial charge in [0.05, 0.1) is 18.0 Å². The monoisotopic (exact) mass is 556 g/mol. The van der Waals surface area contributed by atoms with Crippen LogP contribution in [0.1, 0.15) is 32.8 Å². The SMILES string of the molecule is CCNC(=NCc1cccc(S(=O)(=O)NCCOC)c1)NCCCOCC(C)C.I. The van der Waals surface area contributed by atoms with Gasteiger partial charge in [-0.05, 0) is 37.0 Å². The normalized spacial score (nSPS) is 12.0. The predicted molar refractivity (Wildman–Crippen MR) is 132 cm³/mol. The van der Waals surface area contributed by atoms with Crippen molar-refractivity contribution in [2.75, 3.05) is 46.6 Å². The van der Waals surface area contributed by atoms with Gasteiger partial charge in [0, 0.05) is 40.0 Å². The predicted octanol–water partition coefficient (Wildman–Crippen LogP) is 2.35. The van der Waals surface area contributed by atoms with E-state index < -0.39 is 10.0 Å². The lowest BCUT2D eigenvalue weighted by atomic mass is 10.2. The fourth-order valence-corrected chi connectivity index (χ4v) is 3.47. The molecule has 8 nitrogen and oxygen atoms in total. The number of benzene rings is 1. The molecule has 0 saturated carbocycles. The second-order valence-electron chi connectivity index (χ2n) is 6.98. The van der Waals surface area contributed by atoms with Crippen molar-refractivity contribution in [3.05, 3.63) is 29.8 Å². The van der Waals surface area contributed by atoms with Crippen molar-refractivity contribution >= 4 is 40.0 Å². The van der Waals surface area contributed by atoms with Crippen LogP contribution in [-0.2, 0) is 26.0 Å². The van der Waals surface area contributed by atoms with Gasteiger partial charge in [0.2, 0.25) is 10.0 Å². The quantitative estimate of drug-likeness (QED) is 0.141. The lowest BCUT2D eigenvalue weighted by Crippen LogP contribution is -2.38. The summed E-state index contributed by atoms with van der Waals surface area (Å²) >= 11 is 0. The number of hydrogen-bond acceptors (Lipinski definition) is 5. The van der Waals surface area contributed by atoms with Crippen LogP contribution in [0, 0.1) is 5.92 Å². The number of guanidine groups is 1. The Morgan fingerprint density at radius 2 is 1.93 bits per heavy atom. The molecule has 1 aromatic rings. The van der Waals surface area contributed by atoms with E-state index in [1.807, 2.05) is 13.0 Å². The van der Waals surface area contributed by atoms with E-state index >= 15 is 0 Å². The van der Waals surface area contributed by atoms with Crippen molar-refractivity contribution < 1.29 is 17.9 Å². The molecule has 0 unspecified atom stereocenters. The van der Waals surface area contributed by atoms with Crippen molar-refractivity contribution in [3.8, 4) is 0 Å². The lowest BCUT2D eigenvalue weighted by molar-refractivity contribution is 0.108. The third-order valence-corrected chi connectivity index (χ3v) is 5.24. The molecule has 0 spiro atoms. The summed E-state index contributed by atoms with van der Waals surface area (Å²) in [4.78, 5) is 4.77. The van der Waals surface area contributed by atoms with E-state index in [1.165, 1.54) is 7.11 Å². The molecule has 0 heterocycles. The number of nitrogens with one attached hydrogen (secondary N) is 3. The lowest BCUT2D eigenvalue weighted by Gasteiger charge is -2.12. The van der Waals surface area contributed by atoms with Crippen LogP contribution in [0.3, 0.4) is 0 Å². The van der Waals surface area contributed by atoms with Crippen LogP contribution in [-0.4, -0.2) is 60.9 Å². The largest absolute Gasteiger partial charge is 0.383 e. The van der Waals surface area contributed by atoms with E-state index in [1.54, 1.807) is 18.2 Å². The number of ether oxygens (including phenoxy) is 2. The summed E-state index contributed by atoms with van der Waals surface area (Å²) in [5, 5.41) is 6.47. The number of rotatable bonds is 14. The molecule has 30 heavy (non-hydrogen) atoms. The maximum atomic E-state index is 12.3. The third kappa shape index (κ3) is 12.7. The van der Waals surface area contributed by atoms with E-state index in [-0.39, 0.29) is 35.4 Å². The number of sulfonamides is 1. The number of nitrogens with zero attached hydrogens (tertiary/aromatic N) is 1. The first-order valence-electron chi connectivity index (χ1n) is 10.1. The molecule has 0 amide bonds. The molecule has 1 rings (SSSR count). The Labute approximate surface area is 198 Å². The van der Waals surface area contributed by atoms with E-state index in [4.69, 9.17) is 9.47 Å². The Hall–Kier alpha value is -0.950. The van der Waals surface area contributed by atoms with E-state index in [2.05, 4.69) is 34.2 Å². The molecular weight excluding hydrogens is 519 g/mol. The first-order valence-corrected chi connectivity index (χ1v) is 11.5. The fourth-order valence-electron chi connectivity index (χ4n) is 2.38. The summed E-state index contributed by atoms with van der Waals surface area (Å²) in [6.45, 7) is 10.2. The molecule has 0 fully saturated rings. The third-order valence-electron chi connectivity index (χ3n) is 3.78. The van der Waals surface area contributed by atoms with Gasteiger partial charge < -0.3 is 20.1 Å². The Balaban J connectivity index is 0.00000841. The van der Waals surface area contributed by atoms with Crippen molar-refractivity contribution in [1.82, 2.24) is 15.4 Å². The van der Waals surface area contributed by atoms with Crippen molar-refractivity contribution in [2.45, 2.75) is 38.6 Å². The Morgan fingerprint density at radius 1 is 1.17 bits per heavy atom. The van der Waals surface area contributed by atoms with Gasteiger partial charge in [0.25, 0.3) is 0 Å². The van der Waals surface area contributed by atoms with Gasteiger partial charge >= 0.3 is 0 Å². The number of hydrogen-bond donors (Lipinski definition) is 3. The van der Waals surface area contributed by atoms with Crippen LogP contribution in [0.4, 0.5) is 0 Å². The molecule has 3 N–H and O–H groups in total. The van der Waals surface area contributed by atoms with Gasteiger partial charge in [-0.3, -0.25) is 0 Å². The van der Waals surface area contributed by atoms with Crippen LogP contribution in [0.15, 0.2) is 34.2 Å². The molecule has 0 aliphatic heterocycles. The summed E-state index contributed by atoms with van der Waals surface area (Å²) in [6, 6.07) is 6.80. The Kier molecular flexibility index (Phi) is 16.2. The highest BCUT2D eigenvalue weighted by molar-refractivity contribution is 14.0. The molecule has 0 bridgehead atoms. The minimum atomic E-state index is -3.56. The molecule has 1 aromatic carbocycles. The van der Waals surface area contributed by atoms with Gasteiger partial charge in [0.15, 0.2) is 5.96 Å². The zero-order valence-electron chi connectivity index (χ0n) is 18.4. The standard InChI is InChI=1S/C20H36N4O4S.HI/c1-5-21-20(22-10-7-12-28-16-17(2)3)23-15-18-8-6-9-19(14-18)29(25,26)24-11-13-27-4;/h6,8-9,14,17,24H,5,7,10-13,15-16H2,1-4H3,(H2,21,22,23);1H. The van der Waals surface area contributed by atoms with Crippen LogP contribution in [0.2, 0.25) is 0 Å². The van der Waals surface area contributed by atoms with Crippen LogP contribution < -0.4 is 15.4 Å². The van der Waals surface area contributed by atoms with Crippen molar-refractivity contribution in [1.29, 1.82) is 0 Å². The number of halogens is 1. The van der Waals surface area contributed by atoms with Gasteiger partial charge in [-0.15, -0.1) is 24.0 Å². The minimum absolute atomic E-state index is 0. The van der Waals surface area contributed by atoms with Gasteiger partial charge in [-0.1, -0.05) is 26.0 Å². The van der Waals surface area contributed by atoms with E-state index in [0.29, 0.717) is 31.6 Å². The second-order valence-corrected chi connectivity index (χ2v) is 8.75. The maximum Gasteiger partial charge on any atom is 0.240 e. The first-order chi connectivity index (χ1) is 13.9. The molecule has 10 heteroatoms. The fraction of sp³-hybridized carbons (Fsp3) is 0.650. The van der Waals surface area contributed by atoms with E-state index in [9.17, 15) is 8.42 Å². The minimum Gasteiger partial charge on any atom is -0.383 e. The summed E-state index contributed by atoms with van der Waals surface area (Å²) < 4.78 is 37.6. The van der Waals surface area contributed by atoms with Gasteiger partial charge in [-0.25, -0.2) is 18.1 Å². The molecule has 0 radical (unpaired) electrons. The molecule has 0 aliphatic rings. The second kappa shape index (κ2) is 16.7. The molecule has 0 saturated heterocycles. The zero-order valence-corrected chi connectivity index (χ0v) is 21.6. The molecular formula is C20H37IN4O4S. The zero-order chi connectivity index (χ0) is 21.5. The Morgan fingerprint density at radius 3 is 2.60 bits per heavy atom. The first kappa shape index (κ1) is 29.1. The average molecular weight is 557 g/mol. The van der Waals surface area contributed by atoms with Crippen molar-refractivity contribution in [2.24, 2.45) is 10.9 Å². The van der Waals surface area contributed by atoms with Gasteiger partial charge in [0.1, 0.15) is 0 Å².